The minimum absolute atomic E-state index is 0. The summed E-state index contributed by atoms with van der Waals surface area (Å²) in [7, 11) is 1.70. The number of ether oxygens (including phenoxy) is 4. The Balaban J connectivity index is 0.000000149. The van der Waals surface area contributed by atoms with E-state index in [0.29, 0.717) is 66.4 Å². The second-order valence-electron chi connectivity index (χ2n) is 31.7. The van der Waals surface area contributed by atoms with Gasteiger partial charge in [0, 0.05) is 86.3 Å². The number of carbonyl (C=O) groups excluding carboxylic acids is 5. The SMILES string of the molecule is C#CC(=O)OCC.CCOC(=O)c1cc2n(n1)CC[C@@H]2c1ccccc1.CN1C(=O)[C@@H](N)COc2ccccc21.O=C(N[C@H]1COc2ccccc2NC1=O)c1cc2n(n1)CC[C@@H]2c1ccccc1.O=C(O)[C@H]1CCC[C@@H]1c1ccccc1.O=C(O)c1cc2n(n1)CC[C@@H]2c1ccccc1.O=NN1CC[C@H](c2ccccc2)[C@H]1C(=O)O.[K+].[O-]c1on[n+]2c1[C@@H](c1ccccc1)CC2.[OH-]. The third-order valence-corrected chi connectivity index (χ3v) is 23.7. The van der Waals surface area contributed by atoms with Crippen LogP contribution in [-0.2, 0) is 59.6 Å². The van der Waals surface area contributed by atoms with Crippen molar-refractivity contribution in [1.82, 2.24) is 44.9 Å². The van der Waals surface area contributed by atoms with Gasteiger partial charge in [-0.15, -0.1) is 11.3 Å². The number of fused-ring (bicyclic) bond motifs is 6. The zero-order chi connectivity index (χ0) is 92.5. The van der Waals surface area contributed by atoms with E-state index in [-0.39, 0.29) is 141 Å². The first-order valence-electron chi connectivity index (χ1n) is 43.4. The van der Waals surface area contributed by atoms with Crippen molar-refractivity contribution in [3.8, 4) is 29.8 Å². The number of hydrogen-bond donors (Lipinski definition) is 6. The third kappa shape index (κ3) is 25.1. The molecule has 0 unspecified atom stereocenters. The van der Waals surface area contributed by atoms with Gasteiger partial charge in [0.2, 0.25) is 11.6 Å². The van der Waals surface area contributed by atoms with Crippen LogP contribution in [0.5, 0.6) is 17.4 Å². The number of nitroso groups, excluding NO2 is 1. The van der Waals surface area contributed by atoms with Crippen LogP contribution >= 0.6 is 0 Å². The number of rotatable bonds is 15. The number of para-hydroxylation sites is 4. The number of carbonyl (C=O) groups is 8. The summed E-state index contributed by atoms with van der Waals surface area (Å²) in [4.78, 5) is 104. The molecule has 0 radical (unpaired) electrons. The van der Waals surface area contributed by atoms with Gasteiger partial charge in [-0.2, -0.15) is 15.3 Å². The minimum Gasteiger partial charge on any atom is -0.870 e. The van der Waals surface area contributed by atoms with Crippen LogP contribution < -0.4 is 91.9 Å². The largest absolute Gasteiger partial charge is 1.00 e. The molecule has 1 aliphatic carbocycles. The van der Waals surface area contributed by atoms with Crippen LogP contribution in [0.25, 0.3) is 0 Å². The Labute approximate surface area is 810 Å². The molecule has 12 aromatic rings. The van der Waals surface area contributed by atoms with Crippen molar-refractivity contribution in [1.29, 1.82) is 0 Å². The summed E-state index contributed by atoms with van der Waals surface area (Å²) in [5.74, 6) is -0.660. The molecule has 8 aromatic carbocycles. The van der Waals surface area contributed by atoms with Crippen LogP contribution in [0, 0.1) is 23.2 Å². The zero-order valence-electron chi connectivity index (χ0n) is 74.0. The summed E-state index contributed by atoms with van der Waals surface area (Å²) in [5, 5.41) is 64.5. The van der Waals surface area contributed by atoms with E-state index in [1.807, 2.05) is 203 Å². The van der Waals surface area contributed by atoms with Crippen molar-refractivity contribution in [2.45, 2.75) is 145 Å². The van der Waals surface area contributed by atoms with Crippen LogP contribution in [0.15, 0.2) is 259 Å². The minimum atomic E-state index is -0.994. The molecule has 8 aliphatic rings. The number of anilines is 2. The molecule has 133 heavy (non-hydrogen) atoms. The number of hydrogen-bond acceptors (Lipinski definition) is 22. The molecule has 34 heteroatoms. The first-order valence-corrected chi connectivity index (χ1v) is 43.4. The molecule has 2 fully saturated rings. The number of aromatic nitrogens is 8. The second-order valence-corrected chi connectivity index (χ2v) is 31.7. The van der Waals surface area contributed by atoms with E-state index in [9.17, 15) is 48.4 Å². The van der Waals surface area contributed by atoms with E-state index >= 15 is 0 Å². The number of aromatic carboxylic acids is 1. The van der Waals surface area contributed by atoms with Gasteiger partial charge in [0.15, 0.2) is 29.9 Å². The van der Waals surface area contributed by atoms with Crippen molar-refractivity contribution >= 4 is 58.9 Å². The summed E-state index contributed by atoms with van der Waals surface area (Å²) in [5.41, 5.74) is 18.7. The normalized spacial score (nSPS) is 19.6. The number of terminal acetylenes is 1. The number of nitrogens with zero attached hydrogens (tertiary/aromatic N) is 11. The summed E-state index contributed by atoms with van der Waals surface area (Å²) < 4.78 is 32.3. The number of aryl methyl sites for hydroxylation is 4. The monoisotopic (exact) mass is 1830 g/mol. The number of nitrogens with two attached hydrogens (primary N) is 1. The van der Waals surface area contributed by atoms with Gasteiger partial charge in [-0.1, -0.05) is 217 Å². The first-order chi connectivity index (χ1) is 63.6. The molecule has 0 bridgehead atoms. The van der Waals surface area contributed by atoms with E-state index in [4.69, 9.17) is 35.3 Å². The Morgan fingerprint density at radius 3 is 1.52 bits per heavy atom. The number of benzene rings is 8. The number of carboxylic acids is 3. The Hall–Kier alpha value is -13.8. The Bertz CT molecular complexity index is 5960. The fourth-order valence-corrected chi connectivity index (χ4v) is 17.3. The van der Waals surface area contributed by atoms with Crippen molar-refractivity contribution in [2.24, 2.45) is 16.9 Å². The first kappa shape index (κ1) is 99.8. The molecule has 20 rings (SSSR count). The molecule has 1 saturated heterocycles. The van der Waals surface area contributed by atoms with Crippen molar-refractivity contribution in [3.63, 3.8) is 0 Å². The standard InChI is InChI=1S/C22H20N4O3.C15H16N2O2.C13H12N2O2.C12H14O2.C11H12N2O3.C11H10N2O2.C10H12N2O2.C5H6O2.K.H2O/c27-21(24-18-13-29-20-9-5-4-8-16(20)23-22(18)28)17-12-19-15(10-11-26(19)25-17)14-6-2-1-3-7-14;1-2-19-15(18)13-10-14-12(8-9-17(14)16-13)11-6-4-3-5-7-11;16-13(17)11-8-12-10(6-7-15(12)14-11)9-4-2-1-3-5-9;13-12(14)11-8-4-7-10(11)9-5-2-1-3-6-9;14-11(15)10-9(6-7-13(10)12-16)8-4-2-1-3-5-8;14-11-10-9(6-7-13(10)12-15-11)8-4-2-1-3-5-8;1-12-8-4-2-3-5-9(8)14-6-7(11)10(12)13;1-3-5(6)7-4-2;;/h1-9,12,15,18H,10-11,13H2,(H,23,28)(H,24,27);3-7,10,12H,2,8-9H2,1H3;1-5,8,10H,6-7H2,(H,16,17);1-3,5-6,10-11H,4,7-8H2,(H,13,14);1-5,9-10H,6-7H2,(H,14,15);1-5,9H,6-7H2;2-5,7H,6,11H2,1H3;1H,4H2,2H3;;1H2/q;;;;;;;;+1;/p-1/t15-,18+;12-;10-;10-,11+;9-,10+;9-;7-;;;/m1111110.../s1. The maximum absolute atomic E-state index is 12.8. The maximum atomic E-state index is 12.8. The van der Waals surface area contributed by atoms with Crippen LogP contribution in [0.4, 0.5) is 11.4 Å². The smallest absolute Gasteiger partial charge is 0.870 e. The summed E-state index contributed by atoms with van der Waals surface area (Å²) in [6, 6.07) is 77.9. The molecule has 3 amide bonds. The fourth-order valence-electron chi connectivity index (χ4n) is 17.3. The van der Waals surface area contributed by atoms with E-state index < -0.39 is 42.0 Å². The molecule has 0 spiro atoms. The molecule has 7 aliphatic heterocycles. The van der Waals surface area contributed by atoms with E-state index in [1.165, 1.54) is 27.2 Å². The zero-order valence-corrected chi connectivity index (χ0v) is 77.1. The molecule has 10 atom stereocenters. The van der Waals surface area contributed by atoms with Crippen LogP contribution in [-0.4, -0.2) is 166 Å². The van der Waals surface area contributed by atoms with Crippen molar-refractivity contribution in [3.05, 3.63) is 327 Å². The van der Waals surface area contributed by atoms with Crippen LogP contribution in [0.2, 0.25) is 0 Å². The molecule has 33 nitrogen and oxygen atoms in total. The Morgan fingerprint density at radius 1 is 0.564 bits per heavy atom. The second kappa shape index (κ2) is 48.4. The Morgan fingerprint density at radius 2 is 1.02 bits per heavy atom. The van der Waals surface area contributed by atoms with Crippen molar-refractivity contribution < 1.29 is 144 Å². The molecular formula is C99H103KN14O19. The third-order valence-electron chi connectivity index (χ3n) is 23.7. The van der Waals surface area contributed by atoms with Gasteiger partial charge in [0.25, 0.3) is 11.8 Å². The molecule has 684 valence electrons. The summed E-state index contributed by atoms with van der Waals surface area (Å²) in [6.45, 7) is 8.12. The van der Waals surface area contributed by atoms with Crippen molar-refractivity contribution in [2.75, 3.05) is 50.2 Å². The van der Waals surface area contributed by atoms with Gasteiger partial charge in [-0.05, 0) is 134 Å². The summed E-state index contributed by atoms with van der Waals surface area (Å²) >= 11 is 0. The van der Waals surface area contributed by atoms with Gasteiger partial charge >= 0.3 is 81.2 Å². The number of nitrogens with one attached hydrogen (secondary N) is 2. The van der Waals surface area contributed by atoms with Gasteiger partial charge < -0.3 is 70.6 Å². The van der Waals surface area contributed by atoms with Gasteiger partial charge in [-0.3, -0.25) is 33.2 Å². The fraction of sp³-hybridized carbons (Fsp3) is 0.303. The molecule has 11 heterocycles. The van der Waals surface area contributed by atoms with Gasteiger partial charge in [0.05, 0.1) is 47.0 Å². The van der Waals surface area contributed by atoms with Crippen LogP contribution in [0.3, 0.4) is 0 Å². The number of aliphatic carboxylic acids is 2. The molecule has 8 N–H and O–H groups in total. The van der Waals surface area contributed by atoms with E-state index in [2.05, 4.69) is 88.6 Å². The number of likely N-dealkylation sites (N-methyl/N-ethyl adjacent to an activating group) is 1. The maximum Gasteiger partial charge on any atom is 1.00 e. The van der Waals surface area contributed by atoms with E-state index in [0.717, 1.165) is 110 Å². The number of amides is 3. The predicted molar refractivity (Wildman–Crippen MR) is 482 cm³/mol. The quantitative estimate of drug-likeness (QED) is 0.0139. The molecule has 4 aromatic heterocycles. The summed E-state index contributed by atoms with van der Waals surface area (Å²) in [6.07, 6.45) is 12.1. The topological polar surface area (TPSA) is 457 Å². The number of carboxylic acid groups (broad SMARTS) is 3. The van der Waals surface area contributed by atoms with Gasteiger partial charge in [-0.25, -0.2) is 24.2 Å². The van der Waals surface area contributed by atoms with Crippen LogP contribution in [0.1, 0.15) is 188 Å². The average Bonchev–Trinajstić information content (AvgIpc) is 1.64. The predicted octanol–water partition coefficient (Wildman–Crippen LogP) is 9.48. The number of esters is 2. The molecular weight excluding hydrogens is 1730 g/mol. The Kier molecular flexibility index (Phi) is 36.3. The molecule has 1 saturated carbocycles. The van der Waals surface area contributed by atoms with E-state index in [1.54, 1.807) is 54.4 Å². The van der Waals surface area contributed by atoms with Gasteiger partial charge in [0.1, 0.15) is 42.5 Å². The average molecular weight is 1830 g/mol.